The molecule has 0 aliphatic heterocycles. The van der Waals surface area contributed by atoms with E-state index in [1.165, 1.54) is 17.7 Å². The number of amides is 1. The van der Waals surface area contributed by atoms with Gasteiger partial charge in [0.2, 0.25) is 0 Å². The van der Waals surface area contributed by atoms with Gasteiger partial charge in [-0.2, -0.15) is 0 Å². The molecule has 1 aromatic heterocycles. The summed E-state index contributed by atoms with van der Waals surface area (Å²) in [4.78, 5) is 34.8. The lowest BCUT2D eigenvalue weighted by atomic mass is 10.1. The van der Waals surface area contributed by atoms with Gasteiger partial charge in [-0.25, -0.2) is 4.79 Å². The summed E-state index contributed by atoms with van der Waals surface area (Å²) in [7, 11) is 2.94. The molecule has 6 heteroatoms. The summed E-state index contributed by atoms with van der Waals surface area (Å²) in [6.45, 7) is 0.301. The molecule has 0 saturated heterocycles. The highest BCUT2D eigenvalue weighted by Crippen LogP contribution is 2.06. The Hall–Kier alpha value is -2.89. The van der Waals surface area contributed by atoms with Crippen LogP contribution in [0.4, 0.5) is 0 Å². The topological polar surface area (TPSA) is 77.4 Å². The van der Waals surface area contributed by atoms with Gasteiger partial charge in [0.15, 0.2) is 0 Å². The summed E-state index contributed by atoms with van der Waals surface area (Å²) < 4.78 is 6.00. The summed E-state index contributed by atoms with van der Waals surface area (Å²) in [5.74, 6) is -0.731. The van der Waals surface area contributed by atoms with E-state index in [0.29, 0.717) is 17.7 Å². The van der Waals surface area contributed by atoms with E-state index in [2.05, 4.69) is 10.1 Å². The first-order valence-corrected chi connectivity index (χ1v) is 6.63. The van der Waals surface area contributed by atoms with Crippen molar-refractivity contribution in [1.29, 1.82) is 0 Å². The third-order valence-corrected chi connectivity index (χ3v) is 3.19. The number of nitrogens with zero attached hydrogens (tertiary/aromatic N) is 1. The fourth-order valence-electron chi connectivity index (χ4n) is 1.85. The monoisotopic (exact) mass is 300 g/mol. The molecule has 1 amide bonds. The van der Waals surface area contributed by atoms with Crippen molar-refractivity contribution in [3.63, 3.8) is 0 Å². The highest BCUT2D eigenvalue weighted by molar-refractivity contribution is 5.94. The van der Waals surface area contributed by atoms with E-state index < -0.39 is 5.97 Å². The molecule has 22 heavy (non-hydrogen) atoms. The van der Waals surface area contributed by atoms with Crippen molar-refractivity contribution >= 4 is 11.9 Å². The molecule has 2 rings (SSSR count). The number of esters is 1. The van der Waals surface area contributed by atoms with E-state index in [0.717, 1.165) is 5.56 Å². The number of pyridine rings is 1. The summed E-state index contributed by atoms with van der Waals surface area (Å²) >= 11 is 0. The fourth-order valence-corrected chi connectivity index (χ4v) is 1.85. The normalized spacial score (nSPS) is 10.1. The molecule has 6 nitrogen and oxygen atoms in total. The first-order valence-electron chi connectivity index (χ1n) is 6.63. The van der Waals surface area contributed by atoms with Crippen LogP contribution in [0.25, 0.3) is 0 Å². The minimum atomic E-state index is -0.407. The zero-order chi connectivity index (χ0) is 16.1. The third kappa shape index (κ3) is 3.60. The second-order valence-electron chi connectivity index (χ2n) is 4.74. The van der Waals surface area contributed by atoms with Crippen molar-refractivity contribution in [3.8, 4) is 0 Å². The summed E-state index contributed by atoms with van der Waals surface area (Å²) in [5.41, 5.74) is 1.36. The van der Waals surface area contributed by atoms with E-state index in [-0.39, 0.29) is 11.5 Å². The van der Waals surface area contributed by atoms with Gasteiger partial charge in [0.1, 0.15) is 0 Å². The SMILES string of the molecule is COC(=O)c1ccc(CNC(=O)c2ccn(C)c(=O)c2)cc1. The van der Waals surface area contributed by atoms with Gasteiger partial charge < -0.3 is 14.6 Å². The summed E-state index contributed by atoms with van der Waals surface area (Å²) in [5, 5.41) is 2.72. The van der Waals surface area contributed by atoms with Crippen molar-refractivity contribution in [2.75, 3.05) is 7.11 Å². The quantitative estimate of drug-likeness (QED) is 0.858. The minimum absolute atomic E-state index is 0.241. The Morgan fingerprint density at radius 1 is 1.14 bits per heavy atom. The molecule has 0 bridgehead atoms. The maximum Gasteiger partial charge on any atom is 0.337 e. The lowest BCUT2D eigenvalue weighted by Crippen LogP contribution is -2.25. The van der Waals surface area contributed by atoms with Gasteiger partial charge in [-0.3, -0.25) is 9.59 Å². The van der Waals surface area contributed by atoms with Crippen LogP contribution in [-0.4, -0.2) is 23.6 Å². The van der Waals surface area contributed by atoms with Gasteiger partial charge >= 0.3 is 5.97 Å². The maximum atomic E-state index is 12.0. The first-order chi connectivity index (χ1) is 10.5. The molecule has 0 unspecified atom stereocenters. The Kier molecular flexibility index (Phi) is 4.73. The van der Waals surface area contributed by atoms with Crippen molar-refractivity contribution < 1.29 is 14.3 Å². The number of carbonyl (C=O) groups excluding carboxylic acids is 2. The first kappa shape index (κ1) is 15.5. The molecular formula is C16H16N2O4. The molecule has 0 fully saturated rings. The molecule has 0 aliphatic rings. The molecule has 0 aliphatic carbocycles. The number of rotatable bonds is 4. The van der Waals surface area contributed by atoms with Crippen LogP contribution in [-0.2, 0) is 18.3 Å². The molecule has 1 heterocycles. The molecule has 114 valence electrons. The molecule has 2 aromatic rings. The van der Waals surface area contributed by atoms with E-state index in [4.69, 9.17) is 0 Å². The number of ether oxygens (including phenoxy) is 1. The Labute approximate surface area is 127 Å². The van der Waals surface area contributed by atoms with Crippen molar-refractivity contribution in [2.45, 2.75) is 6.54 Å². The maximum absolute atomic E-state index is 12.0. The number of aromatic nitrogens is 1. The predicted molar refractivity (Wildman–Crippen MR) is 80.6 cm³/mol. The molecule has 0 spiro atoms. The number of aryl methyl sites for hydroxylation is 1. The largest absolute Gasteiger partial charge is 0.465 e. The second kappa shape index (κ2) is 6.71. The van der Waals surface area contributed by atoms with Crippen molar-refractivity contribution in [3.05, 3.63) is 69.6 Å². The summed E-state index contributed by atoms with van der Waals surface area (Å²) in [6.07, 6.45) is 1.54. The van der Waals surface area contributed by atoms with Gasteiger partial charge in [-0.05, 0) is 23.8 Å². The molecule has 1 aromatic carbocycles. The smallest absolute Gasteiger partial charge is 0.337 e. The van der Waals surface area contributed by atoms with Gasteiger partial charge in [-0.1, -0.05) is 12.1 Å². The highest BCUT2D eigenvalue weighted by Gasteiger charge is 2.08. The highest BCUT2D eigenvalue weighted by atomic mass is 16.5. The average Bonchev–Trinajstić information content (AvgIpc) is 2.54. The van der Waals surface area contributed by atoms with Crippen LogP contribution in [0.2, 0.25) is 0 Å². The number of carbonyl (C=O) groups is 2. The van der Waals surface area contributed by atoms with Crippen LogP contribution in [0.1, 0.15) is 26.3 Å². The van der Waals surface area contributed by atoms with Crippen molar-refractivity contribution in [2.24, 2.45) is 7.05 Å². The van der Waals surface area contributed by atoms with Crippen LogP contribution in [0, 0.1) is 0 Å². The van der Waals surface area contributed by atoms with E-state index in [9.17, 15) is 14.4 Å². The zero-order valence-electron chi connectivity index (χ0n) is 12.3. The summed E-state index contributed by atoms with van der Waals surface area (Å²) in [6, 6.07) is 9.59. The van der Waals surface area contributed by atoms with Gasteiger partial charge in [0.25, 0.3) is 11.5 Å². The number of hydrogen-bond acceptors (Lipinski definition) is 4. The number of hydrogen-bond donors (Lipinski definition) is 1. The van der Waals surface area contributed by atoms with Crippen LogP contribution in [0.5, 0.6) is 0 Å². The van der Waals surface area contributed by atoms with Gasteiger partial charge in [-0.15, -0.1) is 0 Å². The molecule has 0 atom stereocenters. The molecule has 0 radical (unpaired) electrons. The van der Waals surface area contributed by atoms with Gasteiger partial charge in [0.05, 0.1) is 12.7 Å². The van der Waals surface area contributed by atoms with Crippen LogP contribution in [0.3, 0.4) is 0 Å². The van der Waals surface area contributed by atoms with E-state index in [1.807, 2.05) is 0 Å². The zero-order valence-corrected chi connectivity index (χ0v) is 12.3. The number of benzene rings is 1. The Bertz CT molecular complexity index is 747. The Morgan fingerprint density at radius 2 is 1.82 bits per heavy atom. The number of nitrogens with one attached hydrogen (secondary N) is 1. The molecule has 1 N–H and O–H groups in total. The lowest BCUT2D eigenvalue weighted by Gasteiger charge is -2.06. The predicted octanol–water partition coefficient (Wildman–Crippen LogP) is 1.10. The minimum Gasteiger partial charge on any atom is -0.465 e. The van der Waals surface area contributed by atoms with E-state index >= 15 is 0 Å². The number of methoxy groups -OCH3 is 1. The standard InChI is InChI=1S/C16H16N2O4/c1-18-8-7-13(9-14(18)19)15(20)17-10-11-3-5-12(6-4-11)16(21)22-2/h3-9H,10H2,1-2H3,(H,17,20). The second-order valence-corrected chi connectivity index (χ2v) is 4.74. The third-order valence-electron chi connectivity index (χ3n) is 3.19. The average molecular weight is 300 g/mol. The van der Waals surface area contributed by atoms with Gasteiger partial charge in [0, 0.05) is 31.4 Å². The Morgan fingerprint density at radius 3 is 2.41 bits per heavy atom. The van der Waals surface area contributed by atoms with Crippen molar-refractivity contribution in [1.82, 2.24) is 9.88 Å². The lowest BCUT2D eigenvalue weighted by molar-refractivity contribution is 0.0600. The van der Waals surface area contributed by atoms with E-state index in [1.54, 1.807) is 43.6 Å². The van der Waals surface area contributed by atoms with Crippen LogP contribution >= 0.6 is 0 Å². The molecule has 0 saturated carbocycles. The van der Waals surface area contributed by atoms with Crippen LogP contribution < -0.4 is 10.9 Å². The Balaban J connectivity index is 2.00. The molecular weight excluding hydrogens is 284 g/mol. The fraction of sp³-hybridized carbons (Fsp3) is 0.188. The van der Waals surface area contributed by atoms with Crippen LogP contribution in [0.15, 0.2) is 47.4 Å².